The van der Waals surface area contributed by atoms with Crippen LogP contribution in [-0.4, -0.2) is 37.9 Å². The molecule has 0 aliphatic rings. The van der Waals surface area contributed by atoms with Crippen molar-refractivity contribution in [2.45, 2.75) is 232 Å². The van der Waals surface area contributed by atoms with Crippen molar-refractivity contribution in [2.75, 3.05) is 19.8 Å². The van der Waals surface area contributed by atoms with Gasteiger partial charge in [-0.25, -0.2) is 0 Å². The predicted octanol–water partition coefficient (Wildman–Crippen LogP) is 18.0. The zero-order chi connectivity index (χ0) is 46.3. The second-order valence-electron chi connectivity index (χ2n) is 17.0. The Morgan fingerprint density at radius 1 is 0.359 bits per heavy atom. The molecule has 0 spiro atoms. The first kappa shape index (κ1) is 60.6. The molecule has 5 heteroatoms. The molecule has 1 unspecified atom stereocenters. The molecular formula is C59H98O5. The van der Waals surface area contributed by atoms with E-state index in [4.69, 9.17) is 14.2 Å². The average molecular weight is 887 g/mol. The summed E-state index contributed by atoms with van der Waals surface area (Å²) in [6.07, 6.45) is 73.9. The van der Waals surface area contributed by atoms with Gasteiger partial charge in [0.2, 0.25) is 0 Å². The first-order chi connectivity index (χ1) is 31.6. The molecule has 0 fully saturated rings. The van der Waals surface area contributed by atoms with Crippen molar-refractivity contribution < 1.29 is 23.8 Å². The lowest BCUT2D eigenvalue weighted by atomic mass is 10.1. The van der Waals surface area contributed by atoms with Gasteiger partial charge in [0.15, 0.2) is 6.10 Å². The third-order valence-electron chi connectivity index (χ3n) is 10.8. The molecule has 0 amide bonds. The van der Waals surface area contributed by atoms with Gasteiger partial charge in [-0.2, -0.15) is 0 Å². The van der Waals surface area contributed by atoms with Crippen LogP contribution < -0.4 is 0 Å². The molecule has 0 N–H and O–H groups in total. The lowest BCUT2D eigenvalue weighted by molar-refractivity contribution is -0.162. The van der Waals surface area contributed by atoms with E-state index in [1.54, 1.807) is 0 Å². The molecule has 64 heavy (non-hydrogen) atoms. The van der Waals surface area contributed by atoms with Gasteiger partial charge in [-0.05, 0) is 89.9 Å². The van der Waals surface area contributed by atoms with Gasteiger partial charge in [0.1, 0.15) is 6.61 Å². The lowest BCUT2D eigenvalue weighted by Gasteiger charge is -2.18. The zero-order valence-electron chi connectivity index (χ0n) is 41.8. The van der Waals surface area contributed by atoms with Crippen LogP contribution in [0.1, 0.15) is 226 Å². The summed E-state index contributed by atoms with van der Waals surface area (Å²) in [5, 5.41) is 0. The Kier molecular flexibility index (Phi) is 51.0. The molecule has 5 nitrogen and oxygen atoms in total. The number of esters is 2. The quantitative estimate of drug-likeness (QED) is 0.0346. The summed E-state index contributed by atoms with van der Waals surface area (Å²) in [5.74, 6) is -0.507. The van der Waals surface area contributed by atoms with Crippen LogP contribution in [0.2, 0.25) is 0 Å². The molecule has 1 atom stereocenters. The highest BCUT2D eigenvalue weighted by Gasteiger charge is 2.17. The second-order valence-corrected chi connectivity index (χ2v) is 17.0. The van der Waals surface area contributed by atoms with Crippen molar-refractivity contribution in [1.82, 2.24) is 0 Å². The first-order valence-corrected chi connectivity index (χ1v) is 26.4. The number of ether oxygens (including phenoxy) is 3. The van der Waals surface area contributed by atoms with Gasteiger partial charge in [0.25, 0.3) is 0 Å². The number of rotatable bonds is 47. The van der Waals surface area contributed by atoms with Crippen LogP contribution in [0.25, 0.3) is 0 Å². The SMILES string of the molecule is CC/C=C\C/C=C\C/C=C\C/C=C\C/C=C\C/C=C\CCC(=O)OCC(COCCCCCCCCCCCCCC)OC(=O)CCCCCCCCC/C=C\C/C=C\C/C=C\CC. The highest BCUT2D eigenvalue weighted by atomic mass is 16.6. The fraction of sp³-hybridized carbons (Fsp3) is 0.661. The van der Waals surface area contributed by atoms with E-state index < -0.39 is 6.10 Å². The molecular weight excluding hydrogens is 789 g/mol. The van der Waals surface area contributed by atoms with E-state index in [9.17, 15) is 9.59 Å². The number of hydrogen-bond acceptors (Lipinski definition) is 5. The third kappa shape index (κ3) is 51.2. The van der Waals surface area contributed by atoms with Gasteiger partial charge < -0.3 is 14.2 Å². The van der Waals surface area contributed by atoms with Crippen LogP contribution in [-0.2, 0) is 23.8 Å². The van der Waals surface area contributed by atoms with Gasteiger partial charge in [0, 0.05) is 19.4 Å². The molecule has 0 aliphatic heterocycles. The molecule has 0 radical (unpaired) electrons. The minimum Gasteiger partial charge on any atom is -0.462 e. The number of carbonyl (C=O) groups excluding carboxylic acids is 2. The van der Waals surface area contributed by atoms with Crippen LogP contribution in [0.15, 0.2) is 109 Å². The Labute approximate surface area is 395 Å². The standard InChI is InChI=1S/C59H98O5/c1-4-7-10-13-16-19-22-25-27-29-30-32-33-35-37-40-43-46-49-52-58(60)63-56-57(55-62-54-51-48-45-42-39-24-21-18-15-12-9-6-3)64-59(61)53-50-47-44-41-38-36-34-31-28-26-23-20-17-14-11-8-5-2/h7-8,10-11,16-17,19-20,25-28,30,32,35,37,43,46,57H,4-6,9,12-15,18,21-24,29,31,33-34,36,38-42,44-45,47-56H2,1-3H3/b10-7-,11-8-,19-16-,20-17-,27-25-,28-26-,32-30-,37-35-,46-43-. The minimum absolute atomic E-state index is 0.0370. The smallest absolute Gasteiger partial charge is 0.306 e. The van der Waals surface area contributed by atoms with E-state index in [0.29, 0.717) is 25.9 Å². The summed E-state index contributed by atoms with van der Waals surface area (Å²) >= 11 is 0. The second kappa shape index (κ2) is 53.9. The number of allylic oxidation sites excluding steroid dienone is 18. The lowest BCUT2D eigenvalue weighted by Crippen LogP contribution is -2.30. The van der Waals surface area contributed by atoms with Gasteiger partial charge in [-0.3, -0.25) is 9.59 Å². The summed E-state index contributed by atoms with van der Waals surface area (Å²) in [4.78, 5) is 25.4. The number of unbranched alkanes of at least 4 members (excludes halogenated alkanes) is 18. The van der Waals surface area contributed by atoms with E-state index in [0.717, 1.165) is 96.3 Å². The Morgan fingerprint density at radius 3 is 1.19 bits per heavy atom. The summed E-state index contributed by atoms with van der Waals surface area (Å²) in [6, 6.07) is 0. The maximum Gasteiger partial charge on any atom is 0.306 e. The number of carbonyl (C=O) groups is 2. The minimum atomic E-state index is -0.576. The molecule has 0 heterocycles. The topological polar surface area (TPSA) is 61.8 Å². The Morgan fingerprint density at radius 2 is 0.734 bits per heavy atom. The summed E-state index contributed by atoms with van der Waals surface area (Å²) in [7, 11) is 0. The van der Waals surface area contributed by atoms with Gasteiger partial charge in [-0.15, -0.1) is 0 Å². The maximum absolute atomic E-state index is 12.8. The van der Waals surface area contributed by atoms with Crippen LogP contribution in [0.5, 0.6) is 0 Å². The van der Waals surface area contributed by atoms with Crippen LogP contribution in [0.3, 0.4) is 0 Å². The van der Waals surface area contributed by atoms with Crippen molar-refractivity contribution in [3.8, 4) is 0 Å². The van der Waals surface area contributed by atoms with Crippen molar-refractivity contribution in [3.05, 3.63) is 109 Å². The van der Waals surface area contributed by atoms with Gasteiger partial charge in [-0.1, -0.05) is 233 Å². The average Bonchev–Trinajstić information content (AvgIpc) is 3.30. The largest absolute Gasteiger partial charge is 0.462 e. The fourth-order valence-electron chi connectivity index (χ4n) is 6.96. The molecule has 0 aliphatic carbocycles. The highest BCUT2D eigenvalue weighted by molar-refractivity contribution is 5.70. The normalized spacial score (nSPS) is 13.1. The van der Waals surface area contributed by atoms with Crippen LogP contribution in [0.4, 0.5) is 0 Å². The fourth-order valence-corrected chi connectivity index (χ4v) is 6.96. The van der Waals surface area contributed by atoms with Crippen molar-refractivity contribution >= 4 is 11.9 Å². The molecule has 0 rings (SSSR count). The summed E-state index contributed by atoms with van der Waals surface area (Å²) in [5.41, 5.74) is 0. The molecule has 364 valence electrons. The molecule has 0 saturated heterocycles. The van der Waals surface area contributed by atoms with E-state index in [1.165, 1.54) is 89.9 Å². The van der Waals surface area contributed by atoms with Gasteiger partial charge in [0.05, 0.1) is 6.61 Å². The predicted molar refractivity (Wildman–Crippen MR) is 279 cm³/mol. The van der Waals surface area contributed by atoms with Gasteiger partial charge >= 0.3 is 11.9 Å². The number of hydrogen-bond donors (Lipinski definition) is 0. The highest BCUT2D eigenvalue weighted by Crippen LogP contribution is 2.14. The first-order valence-electron chi connectivity index (χ1n) is 26.4. The van der Waals surface area contributed by atoms with Crippen LogP contribution in [0, 0.1) is 0 Å². The van der Waals surface area contributed by atoms with E-state index in [-0.39, 0.29) is 25.2 Å². The Hall–Kier alpha value is -3.44. The monoisotopic (exact) mass is 887 g/mol. The Bertz CT molecular complexity index is 1280. The maximum atomic E-state index is 12.8. The molecule has 0 aromatic heterocycles. The Balaban J connectivity index is 4.40. The van der Waals surface area contributed by atoms with Crippen LogP contribution >= 0.6 is 0 Å². The molecule has 0 aromatic carbocycles. The van der Waals surface area contributed by atoms with Crippen molar-refractivity contribution in [1.29, 1.82) is 0 Å². The summed E-state index contributed by atoms with van der Waals surface area (Å²) in [6.45, 7) is 7.51. The molecule has 0 saturated carbocycles. The molecule has 0 bridgehead atoms. The van der Waals surface area contributed by atoms with Crippen molar-refractivity contribution in [2.24, 2.45) is 0 Å². The van der Waals surface area contributed by atoms with E-state index >= 15 is 0 Å². The van der Waals surface area contributed by atoms with E-state index in [1.807, 2.05) is 6.08 Å². The third-order valence-corrected chi connectivity index (χ3v) is 10.8. The van der Waals surface area contributed by atoms with Crippen molar-refractivity contribution in [3.63, 3.8) is 0 Å². The van der Waals surface area contributed by atoms with E-state index in [2.05, 4.69) is 124 Å². The zero-order valence-corrected chi connectivity index (χ0v) is 41.8. The summed E-state index contributed by atoms with van der Waals surface area (Å²) < 4.78 is 17.3. The molecule has 0 aromatic rings.